The summed E-state index contributed by atoms with van der Waals surface area (Å²) < 4.78 is 26.8. The van der Waals surface area contributed by atoms with Crippen LogP contribution in [0.3, 0.4) is 0 Å². The highest BCUT2D eigenvalue weighted by Gasteiger charge is 2.30. The molecule has 2 rings (SSSR count). The van der Waals surface area contributed by atoms with Crippen molar-refractivity contribution in [1.29, 1.82) is 0 Å². The first-order valence-corrected chi connectivity index (χ1v) is 9.88. The molecule has 0 saturated carbocycles. The predicted octanol–water partition coefficient (Wildman–Crippen LogP) is 3.00. The van der Waals surface area contributed by atoms with Crippen LogP contribution >= 0.6 is 34.7 Å². The van der Waals surface area contributed by atoms with Crippen molar-refractivity contribution < 1.29 is 8.42 Å². The number of hydrogen-bond acceptors (Lipinski definition) is 4. The van der Waals surface area contributed by atoms with Gasteiger partial charge in [-0.25, -0.2) is 8.42 Å². The average molecular weight is 326 g/mol. The van der Waals surface area contributed by atoms with E-state index in [4.69, 9.17) is 11.6 Å². The van der Waals surface area contributed by atoms with Gasteiger partial charge in [0.25, 0.3) is 10.0 Å². The van der Waals surface area contributed by atoms with E-state index < -0.39 is 10.0 Å². The fraction of sp³-hybridized carbons (Fsp3) is 0.636. The summed E-state index contributed by atoms with van der Waals surface area (Å²) in [4.78, 5) is 0. The smallest absolute Gasteiger partial charge is 0.206 e. The lowest BCUT2D eigenvalue weighted by molar-refractivity contribution is 0.353. The minimum Gasteiger partial charge on any atom is -0.206 e. The third-order valence-electron chi connectivity index (χ3n) is 3.11. The van der Waals surface area contributed by atoms with E-state index in [2.05, 4.69) is 6.26 Å². The van der Waals surface area contributed by atoms with Crippen LogP contribution in [0, 0.1) is 0 Å². The van der Waals surface area contributed by atoms with E-state index in [1.54, 1.807) is 10.4 Å². The highest BCUT2D eigenvalue weighted by Crippen LogP contribution is 2.29. The normalized spacial score (nSPS) is 19.2. The van der Waals surface area contributed by atoms with Crippen molar-refractivity contribution in [3.8, 4) is 0 Å². The van der Waals surface area contributed by atoms with Gasteiger partial charge in [-0.15, -0.1) is 22.9 Å². The first-order valence-electron chi connectivity index (χ1n) is 5.74. The Balaban J connectivity index is 2.12. The minimum absolute atomic E-state index is 0.362. The van der Waals surface area contributed by atoms with Crippen LogP contribution < -0.4 is 0 Å². The molecule has 0 unspecified atom stereocenters. The number of alkyl halides is 1. The number of rotatable bonds is 4. The fourth-order valence-electron chi connectivity index (χ4n) is 1.99. The van der Waals surface area contributed by atoms with Crippen LogP contribution in [0.4, 0.5) is 0 Å². The van der Waals surface area contributed by atoms with Crippen molar-refractivity contribution in [2.45, 2.75) is 28.2 Å². The number of thiophene rings is 1. The molecule has 102 valence electrons. The Morgan fingerprint density at radius 3 is 2.67 bits per heavy atom. The molecule has 1 aliphatic rings. The summed E-state index contributed by atoms with van der Waals surface area (Å²) in [7, 11) is -3.30. The number of nitrogens with zero attached hydrogens (tertiary/aromatic N) is 1. The molecule has 1 aliphatic heterocycles. The van der Waals surface area contributed by atoms with Gasteiger partial charge in [0.1, 0.15) is 4.21 Å². The fourth-order valence-corrected chi connectivity index (χ4v) is 5.75. The third-order valence-corrected chi connectivity index (χ3v) is 7.92. The number of hydrogen-bond donors (Lipinski definition) is 0. The zero-order chi connectivity index (χ0) is 13.2. The van der Waals surface area contributed by atoms with E-state index in [1.165, 1.54) is 11.3 Å². The van der Waals surface area contributed by atoms with Gasteiger partial charge in [0.05, 0.1) is 0 Å². The minimum atomic E-state index is -3.30. The Morgan fingerprint density at radius 2 is 2.17 bits per heavy atom. The van der Waals surface area contributed by atoms with Gasteiger partial charge in [0.15, 0.2) is 0 Å². The lowest BCUT2D eigenvalue weighted by atomic mass is 10.2. The van der Waals surface area contributed by atoms with Crippen LogP contribution in [0.5, 0.6) is 0 Å². The largest absolute Gasteiger partial charge is 0.252 e. The molecule has 18 heavy (non-hydrogen) atoms. The van der Waals surface area contributed by atoms with E-state index in [0.29, 0.717) is 28.4 Å². The van der Waals surface area contributed by atoms with Gasteiger partial charge in [-0.05, 0) is 36.1 Å². The summed E-state index contributed by atoms with van der Waals surface area (Å²) >= 11 is 8.80. The first-order chi connectivity index (χ1) is 8.57. The summed E-state index contributed by atoms with van der Waals surface area (Å²) in [5.74, 6) is 0.362. The molecule has 0 spiro atoms. The second-order valence-corrected chi connectivity index (χ2v) is 8.73. The van der Waals surface area contributed by atoms with Crippen molar-refractivity contribution in [3.05, 3.63) is 17.0 Å². The molecule has 7 heteroatoms. The van der Waals surface area contributed by atoms with Crippen molar-refractivity contribution >= 4 is 44.7 Å². The van der Waals surface area contributed by atoms with Crippen molar-refractivity contribution in [1.82, 2.24) is 4.31 Å². The molecular formula is C11H16ClNO2S3. The summed E-state index contributed by atoms with van der Waals surface area (Å²) in [6.07, 6.45) is 3.96. The molecule has 1 aromatic heterocycles. The van der Waals surface area contributed by atoms with Crippen LogP contribution in [0.25, 0.3) is 0 Å². The van der Waals surface area contributed by atoms with E-state index in [9.17, 15) is 8.42 Å². The Bertz CT molecular complexity index is 492. The second-order valence-electron chi connectivity index (χ2n) is 4.25. The van der Waals surface area contributed by atoms with Crippen LogP contribution in [-0.2, 0) is 15.9 Å². The summed E-state index contributed by atoms with van der Waals surface area (Å²) in [5, 5.41) is 2.41. The van der Waals surface area contributed by atoms with Gasteiger partial charge in [-0.1, -0.05) is 0 Å². The quantitative estimate of drug-likeness (QED) is 0.799. The van der Waals surface area contributed by atoms with Crippen molar-refractivity contribution in [3.63, 3.8) is 0 Å². The summed E-state index contributed by atoms with van der Waals surface area (Å²) in [6.45, 7) is 1.25. The maximum Gasteiger partial charge on any atom is 0.252 e. The van der Waals surface area contributed by atoms with E-state index in [-0.39, 0.29) is 0 Å². The molecule has 3 nitrogen and oxygen atoms in total. The molecule has 0 aromatic carbocycles. The average Bonchev–Trinajstić information content (AvgIpc) is 2.88. The van der Waals surface area contributed by atoms with Crippen LogP contribution in [0.1, 0.15) is 18.4 Å². The second kappa shape index (κ2) is 6.13. The topological polar surface area (TPSA) is 37.4 Å². The Kier molecular flexibility index (Phi) is 4.99. The Hall–Kier alpha value is 0.250. The zero-order valence-corrected chi connectivity index (χ0v) is 13.3. The van der Waals surface area contributed by atoms with Crippen molar-refractivity contribution in [2.24, 2.45) is 0 Å². The van der Waals surface area contributed by atoms with Crippen LogP contribution in [0.15, 0.2) is 15.7 Å². The van der Waals surface area contributed by atoms with Gasteiger partial charge in [0, 0.05) is 24.2 Å². The number of piperidine rings is 1. The van der Waals surface area contributed by atoms with Crippen LogP contribution in [0.2, 0.25) is 0 Å². The standard InChI is InChI=1S/C11H16ClNO2S3/c1-16-10-2-4-13(5-3-10)18(14,15)11-6-9(7-12)8-17-11/h6,8,10H,2-5,7H2,1H3. The number of halogens is 1. The molecule has 2 heterocycles. The molecule has 0 amide bonds. The molecule has 0 atom stereocenters. The van der Waals surface area contributed by atoms with Gasteiger partial charge >= 0.3 is 0 Å². The Labute approximate surface area is 122 Å². The van der Waals surface area contributed by atoms with E-state index in [1.807, 2.05) is 17.1 Å². The zero-order valence-electron chi connectivity index (χ0n) is 10.1. The lowest BCUT2D eigenvalue weighted by Crippen LogP contribution is -2.38. The molecule has 0 aliphatic carbocycles. The molecule has 1 aromatic rings. The monoisotopic (exact) mass is 325 g/mol. The highest BCUT2D eigenvalue weighted by atomic mass is 35.5. The van der Waals surface area contributed by atoms with Crippen LogP contribution in [-0.4, -0.2) is 37.3 Å². The van der Waals surface area contributed by atoms with E-state index in [0.717, 1.165) is 18.4 Å². The maximum atomic E-state index is 12.4. The third kappa shape index (κ3) is 3.04. The molecule has 0 radical (unpaired) electrons. The Morgan fingerprint density at radius 1 is 1.50 bits per heavy atom. The highest BCUT2D eigenvalue weighted by molar-refractivity contribution is 7.99. The number of thioether (sulfide) groups is 1. The summed E-state index contributed by atoms with van der Waals surface area (Å²) in [6, 6.07) is 1.69. The SMILES string of the molecule is CSC1CCN(S(=O)(=O)c2cc(CCl)cs2)CC1. The molecule has 1 fully saturated rings. The first kappa shape index (κ1) is 14.7. The van der Waals surface area contributed by atoms with Gasteiger partial charge in [-0.3, -0.25) is 0 Å². The molecule has 0 bridgehead atoms. The molecular weight excluding hydrogens is 310 g/mol. The van der Waals surface area contributed by atoms with Gasteiger partial charge < -0.3 is 0 Å². The van der Waals surface area contributed by atoms with E-state index >= 15 is 0 Å². The van der Waals surface area contributed by atoms with Gasteiger partial charge in [0.2, 0.25) is 0 Å². The lowest BCUT2D eigenvalue weighted by Gasteiger charge is -2.29. The molecule has 0 N–H and O–H groups in total. The maximum absolute atomic E-state index is 12.4. The van der Waals surface area contributed by atoms with Crippen molar-refractivity contribution in [2.75, 3.05) is 19.3 Å². The summed E-state index contributed by atoms with van der Waals surface area (Å²) in [5.41, 5.74) is 0.874. The molecule has 1 saturated heterocycles. The van der Waals surface area contributed by atoms with Gasteiger partial charge in [-0.2, -0.15) is 16.1 Å². The predicted molar refractivity (Wildman–Crippen MR) is 79.2 cm³/mol. The number of sulfonamides is 1.